The highest BCUT2D eigenvalue weighted by Gasteiger charge is 2.25. The maximum atomic E-state index is 12.0. The molecule has 0 unspecified atom stereocenters. The monoisotopic (exact) mass is 293 g/mol. The van der Waals surface area contributed by atoms with Crippen molar-refractivity contribution in [3.63, 3.8) is 0 Å². The van der Waals surface area contributed by atoms with Crippen LogP contribution < -0.4 is 15.4 Å². The molecule has 0 radical (unpaired) electrons. The Kier molecular flexibility index (Phi) is 6.26. The van der Waals surface area contributed by atoms with Crippen molar-refractivity contribution in [1.82, 2.24) is 15.0 Å². The van der Waals surface area contributed by atoms with E-state index in [0.29, 0.717) is 25.5 Å². The quantitative estimate of drug-likeness (QED) is 0.717. The Hall–Kier alpha value is -1.80. The number of alkyl halides is 3. The first-order valence-corrected chi connectivity index (χ1v) is 6.29. The lowest BCUT2D eigenvalue weighted by atomic mass is 10.2. The van der Waals surface area contributed by atoms with Gasteiger partial charge in [0.1, 0.15) is 0 Å². The van der Waals surface area contributed by atoms with Crippen LogP contribution in [0, 0.1) is 0 Å². The molecule has 1 heterocycles. The van der Waals surface area contributed by atoms with Crippen molar-refractivity contribution in [3.8, 4) is 6.01 Å². The van der Waals surface area contributed by atoms with E-state index in [1.165, 1.54) is 7.11 Å². The van der Waals surface area contributed by atoms with Gasteiger partial charge in [-0.25, -0.2) is 0 Å². The van der Waals surface area contributed by atoms with Gasteiger partial charge in [-0.15, -0.1) is 0 Å². The van der Waals surface area contributed by atoms with Crippen LogP contribution in [-0.4, -0.2) is 41.3 Å². The topological polar surface area (TPSA) is 72.0 Å². The van der Waals surface area contributed by atoms with E-state index < -0.39 is 12.6 Å². The zero-order chi connectivity index (χ0) is 15.0. The molecule has 2 N–H and O–H groups in total. The summed E-state index contributed by atoms with van der Waals surface area (Å²) in [6, 6.07) is 0.147. The smallest absolute Gasteiger partial charge is 0.389 e. The Morgan fingerprint density at radius 2 is 1.70 bits per heavy atom. The lowest BCUT2D eigenvalue weighted by molar-refractivity contribution is -0.135. The molecular formula is C11H18F3N5O. The molecule has 1 aromatic heterocycles. The molecule has 1 aromatic rings. The largest absolute Gasteiger partial charge is 0.467 e. The molecule has 0 saturated heterocycles. The molecule has 20 heavy (non-hydrogen) atoms. The number of nitrogens with zero attached hydrogens (tertiary/aromatic N) is 3. The van der Waals surface area contributed by atoms with Crippen LogP contribution in [0.5, 0.6) is 6.01 Å². The summed E-state index contributed by atoms with van der Waals surface area (Å²) in [6.07, 6.45) is -4.44. The fourth-order valence-electron chi connectivity index (χ4n) is 1.41. The van der Waals surface area contributed by atoms with Crippen molar-refractivity contribution in [3.05, 3.63) is 0 Å². The average molecular weight is 293 g/mol. The van der Waals surface area contributed by atoms with Gasteiger partial charge in [0.05, 0.1) is 7.11 Å². The van der Waals surface area contributed by atoms with Gasteiger partial charge in [-0.05, 0) is 19.8 Å². The van der Waals surface area contributed by atoms with E-state index in [9.17, 15) is 13.2 Å². The van der Waals surface area contributed by atoms with Crippen LogP contribution in [0.25, 0.3) is 0 Å². The van der Waals surface area contributed by atoms with Crippen LogP contribution in [0.4, 0.5) is 25.1 Å². The highest BCUT2D eigenvalue weighted by Crippen LogP contribution is 2.22. The molecule has 9 heteroatoms. The standard InChI is InChI=1S/C11H18F3N5O/c1-3-15-8-17-9(19-10(18-8)20-2)16-7-5-4-6-11(12,13)14/h3-7H2,1-2H3,(H2,15,16,17,18,19). The van der Waals surface area contributed by atoms with Crippen LogP contribution in [0.15, 0.2) is 0 Å². The number of aromatic nitrogens is 3. The SMILES string of the molecule is CCNc1nc(NCCCCC(F)(F)F)nc(OC)n1. The van der Waals surface area contributed by atoms with Crippen LogP contribution in [0.3, 0.4) is 0 Å². The van der Waals surface area contributed by atoms with Gasteiger partial charge in [0.15, 0.2) is 0 Å². The highest BCUT2D eigenvalue weighted by atomic mass is 19.4. The summed E-state index contributed by atoms with van der Waals surface area (Å²) in [5.41, 5.74) is 0. The number of rotatable bonds is 8. The summed E-state index contributed by atoms with van der Waals surface area (Å²) in [7, 11) is 1.43. The van der Waals surface area contributed by atoms with E-state index in [2.05, 4.69) is 25.6 Å². The number of anilines is 2. The molecule has 0 fully saturated rings. The van der Waals surface area contributed by atoms with Crippen molar-refractivity contribution in [1.29, 1.82) is 0 Å². The van der Waals surface area contributed by atoms with Gasteiger partial charge in [0.25, 0.3) is 0 Å². The highest BCUT2D eigenvalue weighted by molar-refractivity contribution is 5.35. The van der Waals surface area contributed by atoms with E-state index >= 15 is 0 Å². The minimum atomic E-state index is -4.10. The summed E-state index contributed by atoms with van der Waals surface area (Å²) >= 11 is 0. The van der Waals surface area contributed by atoms with Crippen molar-refractivity contribution >= 4 is 11.9 Å². The molecule has 0 atom stereocenters. The van der Waals surface area contributed by atoms with Gasteiger partial charge in [-0.2, -0.15) is 28.1 Å². The summed E-state index contributed by atoms with van der Waals surface area (Å²) < 4.78 is 40.8. The van der Waals surface area contributed by atoms with Gasteiger partial charge < -0.3 is 15.4 Å². The fraction of sp³-hybridized carbons (Fsp3) is 0.727. The number of methoxy groups -OCH3 is 1. The molecule has 0 spiro atoms. The molecule has 0 aliphatic rings. The normalized spacial score (nSPS) is 11.2. The Balaban J connectivity index is 2.44. The molecule has 0 bridgehead atoms. The first-order chi connectivity index (χ1) is 9.44. The number of unbranched alkanes of at least 4 members (excludes halogenated alkanes) is 1. The van der Waals surface area contributed by atoms with E-state index in [1.54, 1.807) is 0 Å². The van der Waals surface area contributed by atoms with Crippen molar-refractivity contribution in [2.24, 2.45) is 0 Å². The summed E-state index contributed by atoms with van der Waals surface area (Å²) in [4.78, 5) is 12.0. The second kappa shape index (κ2) is 7.71. The first kappa shape index (κ1) is 16.3. The predicted molar refractivity (Wildman–Crippen MR) is 68.9 cm³/mol. The van der Waals surface area contributed by atoms with Gasteiger partial charge in [-0.3, -0.25) is 0 Å². The fourth-order valence-corrected chi connectivity index (χ4v) is 1.41. The van der Waals surface area contributed by atoms with E-state index in [4.69, 9.17) is 4.74 Å². The van der Waals surface area contributed by atoms with Crippen LogP contribution in [0.1, 0.15) is 26.2 Å². The molecular weight excluding hydrogens is 275 g/mol. The van der Waals surface area contributed by atoms with Gasteiger partial charge >= 0.3 is 12.2 Å². The lowest BCUT2D eigenvalue weighted by Crippen LogP contribution is -2.12. The molecule has 0 aliphatic heterocycles. The number of halogens is 3. The van der Waals surface area contributed by atoms with Gasteiger partial charge in [0.2, 0.25) is 11.9 Å². The van der Waals surface area contributed by atoms with E-state index in [0.717, 1.165) is 0 Å². The zero-order valence-corrected chi connectivity index (χ0v) is 11.4. The number of nitrogens with one attached hydrogen (secondary N) is 2. The lowest BCUT2D eigenvalue weighted by Gasteiger charge is -2.09. The second-order valence-electron chi connectivity index (χ2n) is 4.00. The minimum absolute atomic E-state index is 0.0682. The average Bonchev–Trinajstić information content (AvgIpc) is 2.37. The summed E-state index contributed by atoms with van der Waals surface area (Å²) in [6.45, 7) is 2.88. The molecule has 1 rings (SSSR count). The van der Waals surface area contributed by atoms with Crippen LogP contribution in [-0.2, 0) is 0 Å². The molecule has 0 saturated carbocycles. The van der Waals surface area contributed by atoms with Crippen molar-refractivity contribution in [2.75, 3.05) is 30.8 Å². The molecule has 6 nitrogen and oxygen atoms in total. The zero-order valence-electron chi connectivity index (χ0n) is 11.4. The Bertz CT molecular complexity index is 414. The molecule has 0 aliphatic carbocycles. The maximum absolute atomic E-state index is 12.0. The van der Waals surface area contributed by atoms with Crippen molar-refractivity contribution in [2.45, 2.75) is 32.4 Å². The van der Waals surface area contributed by atoms with Crippen LogP contribution >= 0.6 is 0 Å². The Morgan fingerprint density at radius 1 is 1.05 bits per heavy atom. The Morgan fingerprint density at radius 3 is 2.25 bits per heavy atom. The van der Waals surface area contributed by atoms with Crippen LogP contribution in [0.2, 0.25) is 0 Å². The number of ether oxygens (including phenoxy) is 1. The second-order valence-corrected chi connectivity index (χ2v) is 4.00. The third-order valence-electron chi connectivity index (χ3n) is 2.30. The maximum Gasteiger partial charge on any atom is 0.389 e. The van der Waals surface area contributed by atoms with Gasteiger partial charge in [-0.1, -0.05) is 0 Å². The molecule has 0 amide bonds. The first-order valence-electron chi connectivity index (χ1n) is 6.29. The summed E-state index contributed by atoms with van der Waals surface area (Å²) in [5.74, 6) is 0.636. The van der Waals surface area contributed by atoms with Gasteiger partial charge in [0, 0.05) is 19.5 Å². The predicted octanol–water partition coefficient (Wildman–Crippen LogP) is 2.46. The minimum Gasteiger partial charge on any atom is -0.467 e. The Labute approximate surface area is 115 Å². The molecule has 114 valence electrons. The summed E-state index contributed by atoms with van der Waals surface area (Å²) in [5, 5.41) is 5.77. The number of hydrogen-bond donors (Lipinski definition) is 2. The van der Waals surface area contributed by atoms with Crippen molar-refractivity contribution < 1.29 is 17.9 Å². The third-order valence-corrected chi connectivity index (χ3v) is 2.30. The van der Waals surface area contributed by atoms with E-state index in [-0.39, 0.29) is 18.4 Å². The molecule has 0 aromatic carbocycles. The van der Waals surface area contributed by atoms with E-state index in [1.807, 2.05) is 6.92 Å². The third kappa shape index (κ3) is 6.39. The number of hydrogen-bond acceptors (Lipinski definition) is 6.